The van der Waals surface area contributed by atoms with Gasteiger partial charge in [-0.15, -0.1) is 0 Å². The second-order valence-electron chi connectivity index (χ2n) is 9.03. The summed E-state index contributed by atoms with van der Waals surface area (Å²) in [6.45, 7) is 4.13. The van der Waals surface area contributed by atoms with Gasteiger partial charge in [-0.2, -0.15) is 0 Å². The number of carbonyl (C=O) groups excluding carboxylic acids is 2. The lowest BCUT2D eigenvalue weighted by Gasteiger charge is -2.38. The Morgan fingerprint density at radius 2 is 1.28 bits per heavy atom. The van der Waals surface area contributed by atoms with Gasteiger partial charge in [0.25, 0.3) is 0 Å². The number of cyclic esters (lactones) is 1. The summed E-state index contributed by atoms with van der Waals surface area (Å²) < 4.78 is 5.69. The maximum atomic E-state index is 13.0. The zero-order valence-electron chi connectivity index (χ0n) is 18.5. The number of esters is 1. The fourth-order valence-electron chi connectivity index (χ4n) is 4.69. The third-order valence-electron chi connectivity index (χ3n) is 6.37. The third-order valence-corrected chi connectivity index (χ3v) is 11.6. The summed E-state index contributed by atoms with van der Waals surface area (Å²) in [5, 5.41) is 3.71. The second kappa shape index (κ2) is 9.09. The molecule has 3 nitrogen and oxygen atoms in total. The molecule has 0 amide bonds. The number of rotatable bonds is 7. The summed E-state index contributed by atoms with van der Waals surface area (Å²) in [6.07, 6.45) is 3.40. The highest BCUT2D eigenvalue weighted by atomic mass is 28.3. The molecule has 0 saturated carbocycles. The van der Waals surface area contributed by atoms with Crippen molar-refractivity contribution in [2.24, 2.45) is 5.41 Å². The van der Waals surface area contributed by atoms with Gasteiger partial charge in [0.2, 0.25) is 0 Å². The second-order valence-corrected chi connectivity index (χ2v) is 13.1. The van der Waals surface area contributed by atoms with Crippen LogP contribution in [-0.4, -0.2) is 26.9 Å². The highest BCUT2D eigenvalue weighted by Crippen LogP contribution is 2.37. The van der Waals surface area contributed by atoms with E-state index in [-0.39, 0.29) is 11.5 Å². The van der Waals surface area contributed by atoms with Gasteiger partial charge in [0.15, 0.2) is 8.07 Å². The Hall–Kier alpha value is -3.24. The molecule has 1 unspecified atom stereocenters. The molecule has 1 atom stereocenters. The first-order valence-electron chi connectivity index (χ1n) is 11.0. The van der Waals surface area contributed by atoms with Gasteiger partial charge in [0, 0.05) is 16.5 Å². The molecule has 1 fully saturated rings. The zero-order chi connectivity index (χ0) is 22.6. The van der Waals surface area contributed by atoms with Crippen LogP contribution in [0.15, 0.2) is 103 Å². The van der Waals surface area contributed by atoms with E-state index in [1.807, 2.05) is 38.1 Å². The van der Waals surface area contributed by atoms with E-state index in [1.165, 1.54) is 15.6 Å². The van der Waals surface area contributed by atoms with E-state index in [2.05, 4.69) is 72.8 Å². The van der Waals surface area contributed by atoms with Crippen LogP contribution in [0.3, 0.4) is 0 Å². The smallest absolute Gasteiger partial charge is 0.333 e. The van der Waals surface area contributed by atoms with E-state index in [4.69, 9.17) is 4.74 Å². The minimum Gasteiger partial charge on any atom is -0.462 e. The lowest BCUT2D eigenvalue weighted by Crippen LogP contribution is -2.70. The van der Waals surface area contributed by atoms with E-state index < -0.39 is 13.5 Å². The lowest BCUT2D eigenvalue weighted by atomic mass is 9.90. The van der Waals surface area contributed by atoms with Gasteiger partial charge >= 0.3 is 5.97 Å². The number of hydrogen-bond acceptors (Lipinski definition) is 3. The molecule has 0 aliphatic carbocycles. The molecule has 162 valence electrons. The van der Waals surface area contributed by atoms with Crippen LogP contribution in [0, 0.1) is 5.41 Å². The fraction of sp³-hybridized carbons (Fsp3) is 0.214. The molecule has 32 heavy (non-hydrogen) atoms. The lowest BCUT2D eigenvalue weighted by molar-refractivity contribution is -0.135. The molecule has 1 heterocycles. The number of benzene rings is 3. The summed E-state index contributed by atoms with van der Waals surface area (Å²) >= 11 is 0. The van der Waals surface area contributed by atoms with Crippen molar-refractivity contribution in [3.8, 4) is 0 Å². The Bertz CT molecular complexity index is 1010. The molecule has 1 saturated heterocycles. The molecule has 0 bridgehead atoms. The molecule has 4 rings (SSSR count). The molecule has 4 heteroatoms. The molecule has 0 aromatic heterocycles. The first kappa shape index (κ1) is 22.0. The van der Waals surface area contributed by atoms with E-state index in [0.717, 1.165) is 6.29 Å². The van der Waals surface area contributed by atoms with Gasteiger partial charge in [0.05, 0.1) is 6.61 Å². The zero-order valence-corrected chi connectivity index (χ0v) is 19.5. The molecular weight excluding hydrogens is 412 g/mol. The summed E-state index contributed by atoms with van der Waals surface area (Å²) in [5.41, 5.74) is 0.0736. The Balaban J connectivity index is 2.00. The highest BCUT2D eigenvalue weighted by Gasteiger charge is 2.52. The van der Waals surface area contributed by atoms with Crippen LogP contribution in [0.2, 0.25) is 5.54 Å². The monoisotopic (exact) mass is 440 g/mol. The molecule has 1 aliphatic rings. The topological polar surface area (TPSA) is 43.4 Å². The first-order valence-corrected chi connectivity index (χ1v) is 13.1. The van der Waals surface area contributed by atoms with Crippen LogP contribution < -0.4 is 15.6 Å². The molecule has 0 spiro atoms. The number of hydrogen-bond donors (Lipinski definition) is 0. The fourth-order valence-corrected chi connectivity index (χ4v) is 10.1. The van der Waals surface area contributed by atoms with Crippen LogP contribution in [0.5, 0.6) is 0 Å². The van der Waals surface area contributed by atoms with Crippen LogP contribution in [-0.2, 0) is 14.3 Å². The average molecular weight is 441 g/mol. The van der Waals surface area contributed by atoms with Crippen LogP contribution >= 0.6 is 0 Å². The van der Waals surface area contributed by atoms with Gasteiger partial charge in [-0.25, -0.2) is 4.79 Å². The minimum absolute atomic E-state index is 0.0929. The summed E-state index contributed by atoms with van der Waals surface area (Å²) in [7, 11) is -2.70. The molecule has 1 aliphatic heterocycles. The Labute approximate surface area is 190 Å². The predicted molar refractivity (Wildman–Crippen MR) is 131 cm³/mol. The molecule has 3 aromatic rings. The van der Waals surface area contributed by atoms with Crippen molar-refractivity contribution < 1.29 is 14.3 Å². The van der Waals surface area contributed by atoms with Gasteiger partial charge in [0.1, 0.15) is 6.29 Å². The molecule has 0 N–H and O–H groups in total. The highest BCUT2D eigenvalue weighted by molar-refractivity contribution is 7.13. The van der Waals surface area contributed by atoms with E-state index in [1.54, 1.807) is 0 Å². The minimum atomic E-state index is -2.70. The third kappa shape index (κ3) is 3.98. The van der Waals surface area contributed by atoms with Crippen molar-refractivity contribution in [1.29, 1.82) is 0 Å². The molecular formula is C28H28O3Si. The number of carbonyl (C=O) groups is 2. The van der Waals surface area contributed by atoms with Crippen molar-refractivity contribution in [3.63, 3.8) is 0 Å². The van der Waals surface area contributed by atoms with E-state index in [0.29, 0.717) is 18.6 Å². The largest absolute Gasteiger partial charge is 0.462 e. The molecule has 0 radical (unpaired) electrons. The number of ether oxygens (including phenoxy) is 1. The maximum absolute atomic E-state index is 13.0. The van der Waals surface area contributed by atoms with Crippen LogP contribution in [0.1, 0.15) is 20.3 Å². The maximum Gasteiger partial charge on any atom is 0.333 e. The van der Waals surface area contributed by atoms with Crippen molar-refractivity contribution in [2.75, 3.05) is 6.61 Å². The van der Waals surface area contributed by atoms with Gasteiger partial charge in [-0.1, -0.05) is 111 Å². The van der Waals surface area contributed by atoms with Crippen molar-refractivity contribution in [3.05, 3.63) is 103 Å². The SMILES string of the molecule is CC(C)(C=O)C/C=C1/C(=O)OCC1[Si](c1ccccc1)(c1ccccc1)c1ccccc1. The van der Waals surface area contributed by atoms with Crippen LogP contribution in [0.25, 0.3) is 0 Å². The van der Waals surface area contributed by atoms with E-state index in [9.17, 15) is 9.59 Å². The number of allylic oxidation sites excluding steroid dienone is 1. The Morgan fingerprint density at radius 1 is 0.844 bits per heavy atom. The summed E-state index contributed by atoms with van der Waals surface area (Å²) in [5.74, 6) is -0.267. The van der Waals surface area contributed by atoms with Crippen LogP contribution in [0.4, 0.5) is 0 Å². The standard InChI is InChI=1S/C28H28O3Si/c1-28(2,21-29)19-18-25-26(20-31-27(25)30)32(22-12-6-3-7-13-22,23-14-8-4-9-15-23)24-16-10-5-11-17-24/h3-18,21,26H,19-20H2,1-2H3/b25-18+. The quantitative estimate of drug-likeness (QED) is 0.185. The normalized spacial score (nSPS) is 17.9. The summed E-state index contributed by atoms with van der Waals surface area (Å²) in [6, 6.07) is 31.6. The van der Waals surface area contributed by atoms with Crippen molar-refractivity contribution >= 4 is 35.9 Å². The Kier molecular flexibility index (Phi) is 6.24. The molecule has 3 aromatic carbocycles. The van der Waals surface area contributed by atoms with Crippen molar-refractivity contribution in [1.82, 2.24) is 0 Å². The van der Waals surface area contributed by atoms with Gasteiger partial charge in [-0.05, 0) is 22.0 Å². The first-order chi connectivity index (χ1) is 15.5. The van der Waals surface area contributed by atoms with Gasteiger partial charge < -0.3 is 9.53 Å². The van der Waals surface area contributed by atoms with Gasteiger partial charge in [-0.3, -0.25) is 0 Å². The summed E-state index contributed by atoms with van der Waals surface area (Å²) in [4.78, 5) is 24.5. The van der Waals surface area contributed by atoms with Crippen molar-refractivity contribution in [2.45, 2.75) is 25.8 Å². The predicted octanol–water partition coefficient (Wildman–Crippen LogP) is 3.63. The Morgan fingerprint density at radius 3 is 1.69 bits per heavy atom. The van der Waals surface area contributed by atoms with E-state index >= 15 is 0 Å². The number of aldehydes is 1. The average Bonchev–Trinajstić information content (AvgIpc) is 3.21.